The number of carbonyl (C=O) groups is 2. The molecule has 1 N–H and O–H groups in total. The molecule has 0 radical (unpaired) electrons. The van der Waals surface area contributed by atoms with Gasteiger partial charge in [0.1, 0.15) is 17.2 Å². The number of nitrogens with zero attached hydrogens (tertiary/aromatic N) is 5. The lowest BCUT2D eigenvalue weighted by molar-refractivity contribution is 0.0400. The number of ketones is 1. The van der Waals surface area contributed by atoms with Crippen LogP contribution in [-0.2, 0) is 4.74 Å². The van der Waals surface area contributed by atoms with Crippen LogP contribution in [0.3, 0.4) is 0 Å². The summed E-state index contributed by atoms with van der Waals surface area (Å²) in [6.07, 6.45) is 4.29. The zero-order valence-corrected chi connectivity index (χ0v) is 23.7. The second-order valence-corrected chi connectivity index (χ2v) is 10.9. The molecule has 0 unspecified atom stereocenters. The third kappa shape index (κ3) is 5.55. The number of rotatable bonds is 7. The third-order valence-electron chi connectivity index (χ3n) is 6.79. The monoisotopic (exact) mass is 588 g/mol. The number of halogens is 1. The number of benzene rings is 2. The summed E-state index contributed by atoms with van der Waals surface area (Å²) in [4.78, 5) is 45.4. The number of hydrogen-bond acceptors (Lipinski definition) is 11. The van der Waals surface area contributed by atoms with Crippen LogP contribution in [0.5, 0.6) is 11.6 Å². The quantitative estimate of drug-likeness (QED) is 0.229. The number of methoxy groups -OCH3 is 1. The van der Waals surface area contributed by atoms with Gasteiger partial charge in [0, 0.05) is 24.6 Å². The van der Waals surface area contributed by atoms with Gasteiger partial charge in [-0.3, -0.25) is 10.1 Å². The van der Waals surface area contributed by atoms with Crippen molar-refractivity contribution in [2.24, 2.45) is 0 Å². The van der Waals surface area contributed by atoms with Crippen LogP contribution in [0.4, 0.5) is 14.9 Å². The van der Waals surface area contributed by atoms with Gasteiger partial charge >= 0.3 is 6.09 Å². The number of thiazole rings is 1. The van der Waals surface area contributed by atoms with Crippen molar-refractivity contribution in [3.8, 4) is 22.2 Å². The van der Waals surface area contributed by atoms with E-state index in [0.717, 1.165) is 22.2 Å². The van der Waals surface area contributed by atoms with E-state index in [1.54, 1.807) is 12.3 Å². The molecule has 42 heavy (non-hydrogen) atoms. The highest BCUT2D eigenvalue weighted by atomic mass is 32.1. The van der Waals surface area contributed by atoms with E-state index in [0.29, 0.717) is 40.3 Å². The molecule has 3 aromatic heterocycles. The van der Waals surface area contributed by atoms with Crippen molar-refractivity contribution >= 4 is 50.2 Å². The standard InChI is InChI=1S/C29H25FN6O5S/c1-14-7-17(26-20(8-14)35-25(39-3)13-31-26)28-36-19-9-18(30)23(10-24(19)42-28)40-21-5-4-6-22(21)41-29(38)34-16-11-32-27(15(2)37)33-12-16/h7-13,21-22H,4-6H2,1-3H3,(H,34,38)/t21-,22+/m0/s1. The number of fused-ring (bicyclic) bond motifs is 2. The Morgan fingerprint density at radius 1 is 1.00 bits per heavy atom. The van der Waals surface area contributed by atoms with Gasteiger partial charge in [-0.05, 0) is 43.9 Å². The lowest BCUT2D eigenvalue weighted by Gasteiger charge is -2.22. The first-order valence-corrected chi connectivity index (χ1v) is 14.0. The summed E-state index contributed by atoms with van der Waals surface area (Å²) in [5, 5.41) is 3.22. The molecular formula is C29H25FN6O5S. The van der Waals surface area contributed by atoms with Gasteiger partial charge in [-0.25, -0.2) is 34.1 Å². The van der Waals surface area contributed by atoms with Crippen LogP contribution < -0.4 is 14.8 Å². The van der Waals surface area contributed by atoms with Crippen LogP contribution in [0.25, 0.3) is 31.8 Å². The van der Waals surface area contributed by atoms with Gasteiger partial charge in [0.05, 0.1) is 52.6 Å². The fourth-order valence-electron chi connectivity index (χ4n) is 4.83. The first-order chi connectivity index (χ1) is 20.3. The number of Topliss-reactive ketones (excluding diaryl/α,β-unsaturated/α-hetero) is 1. The molecule has 1 aliphatic rings. The average Bonchev–Trinajstić information content (AvgIpc) is 3.58. The van der Waals surface area contributed by atoms with E-state index < -0.39 is 24.1 Å². The van der Waals surface area contributed by atoms with Crippen molar-refractivity contribution < 1.29 is 28.2 Å². The first kappa shape index (κ1) is 27.4. The van der Waals surface area contributed by atoms with Crippen molar-refractivity contribution in [3.05, 3.63) is 60.1 Å². The van der Waals surface area contributed by atoms with Crippen molar-refractivity contribution in [2.75, 3.05) is 12.4 Å². The highest BCUT2D eigenvalue weighted by Gasteiger charge is 2.33. The Kier molecular flexibility index (Phi) is 7.33. The van der Waals surface area contributed by atoms with Crippen LogP contribution in [0.2, 0.25) is 0 Å². The van der Waals surface area contributed by atoms with Crippen LogP contribution in [0, 0.1) is 12.7 Å². The van der Waals surface area contributed by atoms with Gasteiger partial charge in [0.2, 0.25) is 5.88 Å². The van der Waals surface area contributed by atoms with Gasteiger partial charge in [0.25, 0.3) is 0 Å². The smallest absolute Gasteiger partial charge is 0.412 e. The number of hydrogen-bond donors (Lipinski definition) is 1. The lowest BCUT2D eigenvalue weighted by Crippen LogP contribution is -2.32. The molecule has 0 saturated heterocycles. The maximum atomic E-state index is 15.2. The lowest BCUT2D eigenvalue weighted by atomic mass is 10.1. The van der Waals surface area contributed by atoms with E-state index >= 15 is 4.39 Å². The van der Waals surface area contributed by atoms with Gasteiger partial charge in [-0.15, -0.1) is 11.3 Å². The molecule has 1 amide bonds. The summed E-state index contributed by atoms with van der Waals surface area (Å²) in [5.74, 6) is -0.321. The molecule has 0 spiro atoms. The highest BCUT2D eigenvalue weighted by Crippen LogP contribution is 2.38. The molecule has 2 atom stereocenters. The molecule has 214 valence electrons. The molecular weight excluding hydrogens is 563 g/mol. The molecule has 5 aromatic rings. The van der Waals surface area contributed by atoms with E-state index in [1.165, 1.54) is 43.8 Å². The van der Waals surface area contributed by atoms with Crippen molar-refractivity contribution in [1.82, 2.24) is 24.9 Å². The molecule has 1 aliphatic carbocycles. The topological polar surface area (TPSA) is 138 Å². The molecule has 2 aromatic carbocycles. The van der Waals surface area contributed by atoms with Gasteiger partial charge in [-0.1, -0.05) is 0 Å². The number of ether oxygens (including phenoxy) is 3. The van der Waals surface area contributed by atoms with E-state index in [1.807, 2.05) is 19.1 Å². The number of aromatic nitrogens is 5. The summed E-state index contributed by atoms with van der Waals surface area (Å²) in [6, 6.07) is 6.87. The summed E-state index contributed by atoms with van der Waals surface area (Å²) < 4.78 is 32.8. The minimum absolute atomic E-state index is 0.0480. The predicted molar refractivity (Wildman–Crippen MR) is 154 cm³/mol. The maximum Gasteiger partial charge on any atom is 0.412 e. The fourth-order valence-corrected chi connectivity index (χ4v) is 5.82. The average molecular weight is 589 g/mol. The van der Waals surface area contributed by atoms with Crippen LogP contribution >= 0.6 is 11.3 Å². The third-order valence-corrected chi connectivity index (χ3v) is 7.84. The Hall–Kier alpha value is -4.78. The highest BCUT2D eigenvalue weighted by molar-refractivity contribution is 7.21. The Labute approximate surface area is 243 Å². The van der Waals surface area contributed by atoms with Gasteiger partial charge in [0.15, 0.2) is 23.2 Å². The molecule has 11 nitrogen and oxygen atoms in total. The normalized spacial score (nSPS) is 16.5. The number of nitrogens with one attached hydrogen (secondary N) is 1. The summed E-state index contributed by atoms with van der Waals surface area (Å²) >= 11 is 1.39. The SMILES string of the molecule is COc1cnc2c(-c3nc4cc(F)c(O[C@H]5CCC[C@H]5OC(=O)Nc5cnc(C(C)=O)nc5)cc4s3)cc(C)cc2n1. The van der Waals surface area contributed by atoms with Gasteiger partial charge in [-0.2, -0.15) is 0 Å². The molecule has 13 heteroatoms. The largest absolute Gasteiger partial charge is 0.483 e. The van der Waals surface area contributed by atoms with E-state index in [2.05, 4.69) is 30.2 Å². The van der Waals surface area contributed by atoms with Crippen molar-refractivity contribution in [3.63, 3.8) is 0 Å². The second-order valence-electron chi connectivity index (χ2n) is 9.87. The Balaban J connectivity index is 1.20. The first-order valence-electron chi connectivity index (χ1n) is 13.2. The Bertz CT molecular complexity index is 1830. The van der Waals surface area contributed by atoms with Crippen molar-refractivity contribution in [2.45, 2.75) is 45.3 Å². The van der Waals surface area contributed by atoms with Crippen LogP contribution in [-0.4, -0.2) is 56.1 Å². The Morgan fingerprint density at radius 2 is 1.79 bits per heavy atom. The molecule has 1 fully saturated rings. The zero-order valence-electron chi connectivity index (χ0n) is 22.9. The van der Waals surface area contributed by atoms with E-state index in [-0.39, 0.29) is 23.0 Å². The maximum absolute atomic E-state index is 15.2. The van der Waals surface area contributed by atoms with E-state index in [4.69, 9.17) is 14.2 Å². The molecule has 3 heterocycles. The minimum atomic E-state index is -0.719. The molecule has 6 rings (SSSR count). The predicted octanol–water partition coefficient (Wildman–Crippen LogP) is 5.90. The molecule has 0 bridgehead atoms. The van der Waals surface area contributed by atoms with Crippen molar-refractivity contribution in [1.29, 1.82) is 0 Å². The number of anilines is 1. The summed E-state index contributed by atoms with van der Waals surface area (Å²) in [7, 11) is 1.54. The van der Waals surface area contributed by atoms with E-state index in [9.17, 15) is 9.59 Å². The number of amides is 1. The summed E-state index contributed by atoms with van der Waals surface area (Å²) in [5.41, 5.74) is 3.89. The number of aryl methyl sites for hydroxylation is 1. The fraction of sp³-hybridized carbons (Fsp3) is 0.276. The molecule has 1 saturated carbocycles. The Morgan fingerprint density at radius 3 is 2.55 bits per heavy atom. The van der Waals surface area contributed by atoms with Gasteiger partial charge < -0.3 is 14.2 Å². The number of carbonyl (C=O) groups excluding carboxylic acids is 2. The van der Waals surface area contributed by atoms with Crippen LogP contribution in [0.15, 0.2) is 42.9 Å². The minimum Gasteiger partial charge on any atom is -0.483 e. The zero-order chi connectivity index (χ0) is 29.4. The molecule has 0 aliphatic heterocycles. The van der Waals surface area contributed by atoms with Crippen LogP contribution in [0.1, 0.15) is 42.4 Å². The second kappa shape index (κ2) is 11.2. The summed E-state index contributed by atoms with van der Waals surface area (Å²) in [6.45, 7) is 3.31.